The summed E-state index contributed by atoms with van der Waals surface area (Å²) >= 11 is 0. The Bertz CT molecular complexity index is 1770. The fourth-order valence-corrected chi connectivity index (χ4v) is 6.17. The van der Waals surface area contributed by atoms with E-state index in [1.54, 1.807) is 50.3 Å². The summed E-state index contributed by atoms with van der Waals surface area (Å²) in [5.74, 6) is -1.41. The Morgan fingerprint density at radius 2 is 1.75 bits per heavy atom. The van der Waals surface area contributed by atoms with Crippen LogP contribution in [0.3, 0.4) is 0 Å². The Hall–Kier alpha value is -4.67. The van der Waals surface area contributed by atoms with Gasteiger partial charge in [0, 0.05) is 43.9 Å². The molecule has 0 fully saturated rings. The molecular weight excluding hydrogens is 706 g/mol. The van der Waals surface area contributed by atoms with Gasteiger partial charge in [-0.1, -0.05) is 61.9 Å². The van der Waals surface area contributed by atoms with Gasteiger partial charge >= 0.3 is 6.09 Å². The van der Waals surface area contributed by atoms with Gasteiger partial charge < -0.3 is 45.9 Å². The van der Waals surface area contributed by atoms with E-state index in [1.807, 2.05) is 20.8 Å². The summed E-state index contributed by atoms with van der Waals surface area (Å²) in [6, 6.07) is 7.27. The molecule has 292 valence electrons. The van der Waals surface area contributed by atoms with Gasteiger partial charge in [0.1, 0.15) is 17.6 Å². The van der Waals surface area contributed by atoms with Crippen LogP contribution in [0.1, 0.15) is 45.2 Å². The van der Waals surface area contributed by atoms with Crippen LogP contribution in [-0.4, -0.2) is 85.5 Å². The maximum Gasteiger partial charge on any atom is 0.405 e. The fraction of sp³-hybridized carbons (Fsp3) is 0.421. The van der Waals surface area contributed by atoms with Gasteiger partial charge in [-0.3, -0.25) is 9.35 Å². The van der Waals surface area contributed by atoms with Gasteiger partial charge in [-0.25, -0.2) is 4.79 Å². The van der Waals surface area contributed by atoms with E-state index in [0.717, 1.165) is 5.56 Å². The number of anilines is 2. The maximum absolute atomic E-state index is 13.0. The van der Waals surface area contributed by atoms with E-state index < -0.39 is 52.5 Å². The van der Waals surface area contributed by atoms with Crippen molar-refractivity contribution in [2.75, 3.05) is 31.4 Å². The van der Waals surface area contributed by atoms with E-state index in [-0.39, 0.29) is 28.0 Å². The topological polar surface area (TPSA) is 227 Å². The highest BCUT2D eigenvalue weighted by molar-refractivity contribution is 7.85. The molecule has 8 N–H and O–H groups in total. The van der Waals surface area contributed by atoms with Gasteiger partial charge in [-0.15, -0.1) is 6.58 Å². The lowest BCUT2D eigenvalue weighted by molar-refractivity contribution is -0.112. The first kappa shape index (κ1) is 44.5. The number of allylic oxidation sites excluding steroid dienone is 2. The lowest BCUT2D eigenvalue weighted by atomic mass is 9.87. The second-order valence-corrected chi connectivity index (χ2v) is 14.4. The number of nitrogens with two attached hydrogens (primary N) is 1. The molecule has 1 heterocycles. The number of phenols is 2. The van der Waals surface area contributed by atoms with E-state index in [9.17, 15) is 33.3 Å². The number of benzene rings is 2. The summed E-state index contributed by atoms with van der Waals surface area (Å²) in [5.41, 5.74) is 7.97. The minimum absolute atomic E-state index is 0.0416. The third kappa shape index (κ3) is 13.4. The summed E-state index contributed by atoms with van der Waals surface area (Å²) in [7, 11) is -1.07. The molecule has 2 aromatic carbocycles. The van der Waals surface area contributed by atoms with Crippen molar-refractivity contribution in [3.63, 3.8) is 0 Å². The number of aliphatic hydroxyl groups is 1. The molecule has 0 radical (unpaired) electrons. The van der Waals surface area contributed by atoms with Crippen LogP contribution in [0.5, 0.6) is 11.5 Å². The first-order valence-corrected chi connectivity index (χ1v) is 18.3. The second-order valence-electron chi connectivity index (χ2n) is 12.9. The molecule has 53 heavy (non-hydrogen) atoms. The molecular formula is C38H53N3O11S. The summed E-state index contributed by atoms with van der Waals surface area (Å²) < 4.78 is 46.2. The number of primary amides is 1. The van der Waals surface area contributed by atoms with Crippen molar-refractivity contribution in [3.8, 4) is 11.5 Å². The lowest BCUT2D eigenvalue weighted by Crippen LogP contribution is -2.37. The molecule has 0 unspecified atom stereocenters. The van der Waals surface area contributed by atoms with Gasteiger partial charge in [-0.05, 0) is 57.2 Å². The van der Waals surface area contributed by atoms with Crippen LogP contribution in [0.25, 0.3) is 0 Å². The summed E-state index contributed by atoms with van der Waals surface area (Å²) in [6.45, 7) is 13.0. The number of hydrogen-bond donors (Lipinski definition) is 7. The average molecular weight is 760 g/mol. The van der Waals surface area contributed by atoms with Crippen molar-refractivity contribution in [3.05, 3.63) is 89.6 Å². The van der Waals surface area contributed by atoms with Crippen molar-refractivity contribution in [2.45, 2.75) is 76.8 Å². The van der Waals surface area contributed by atoms with E-state index in [4.69, 9.17) is 24.5 Å². The van der Waals surface area contributed by atoms with Gasteiger partial charge in [-0.2, -0.15) is 8.42 Å². The van der Waals surface area contributed by atoms with Crippen molar-refractivity contribution in [2.24, 2.45) is 17.6 Å². The molecule has 0 spiro atoms. The minimum Gasteiger partial charge on any atom is -0.506 e. The Kier molecular flexibility index (Phi) is 17.2. The third-order valence-electron chi connectivity index (χ3n) is 8.57. The van der Waals surface area contributed by atoms with Crippen LogP contribution in [0.4, 0.5) is 16.2 Å². The number of aromatic hydroxyl groups is 2. The molecule has 1 aliphatic rings. The molecule has 1 aliphatic heterocycles. The molecule has 0 aliphatic carbocycles. The summed E-state index contributed by atoms with van der Waals surface area (Å²) in [6.07, 6.45) is 4.64. The first-order chi connectivity index (χ1) is 24.8. The van der Waals surface area contributed by atoms with E-state index in [0.29, 0.717) is 41.8 Å². The average Bonchev–Trinajstić information content (AvgIpc) is 3.09. The molecule has 2 bridgehead atoms. The Morgan fingerprint density at radius 1 is 1.11 bits per heavy atom. The standard InChI is InChI=1S/C31H45N3O8.C7H8O3S/c1-8-12-33-26-21-13-17(2)14-25(41-7)27(36)19(4)15-20(5)29(42-31(32)39)24(40-6)11-9-10-18(3)30(38)34-22(28(21)37)16-23(26)35;1-6-2-4-7(5-3-6)11(8,9)10/h8-11,15-17,19,24-25,27,29,33,35-37H,1,12-14H2,2-7H3,(H2,32,39)(H,34,38);2-5H,1H3,(H,8,9,10)/b11-9-,18-10+,20-15+;/t17-,19+,24+,25+,27-,29+;/m1./s1. The van der Waals surface area contributed by atoms with Crippen molar-refractivity contribution in [1.82, 2.24) is 0 Å². The molecule has 0 saturated carbocycles. The largest absolute Gasteiger partial charge is 0.506 e. The zero-order valence-corrected chi connectivity index (χ0v) is 32.0. The maximum atomic E-state index is 13.0. The number of aliphatic hydroxyl groups excluding tert-OH is 1. The number of hydrogen-bond acceptors (Lipinski definition) is 11. The Balaban J connectivity index is 0.000000751. The van der Waals surface area contributed by atoms with Crippen LogP contribution in [0.15, 0.2) is 83.3 Å². The number of phenolic OH excluding ortho intramolecular Hbond substituents is 2. The van der Waals surface area contributed by atoms with Crippen molar-refractivity contribution >= 4 is 33.5 Å². The van der Waals surface area contributed by atoms with Gasteiger partial charge in [0.25, 0.3) is 16.0 Å². The van der Waals surface area contributed by atoms with Crippen LogP contribution >= 0.6 is 0 Å². The zero-order valence-electron chi connectivity index (χ0n) is 31.2. The number of aryl methyl sites for hydroxylation is 1. The molecule has 14 nitrogen and oxygen atoms in total. The number of methoxy groups -OCH3 is 2. The number of rotatable bonds is 7. The summed E-state index contributed by atoms with van der Waals surface area (Å²) in [4.78, 5) is 24.7. The number of amides is 2. The highest BCUT2D eigenvalue weighted by Gasteiger charge is 2.30. The summed E-state index contributed by atoms with van der Waals surface area (Å²) in [5, 5.41) is 39.1. The number of carbonyl (C=O) groups is 2. The SMILES string of the molecule is C=CCNc1c(O)cc2c(O)c1C[C@@H](C)C[C@H](OC)[C@H](O)[C@@H](C)/C=C(\C)[C@H](OC(N)=O)[C@@H](OC)/C=C\C=C(/C)C(=O)N2.Cc1ccc(S(=O)(=O)O)cc1. The predicted octanol–water partition coefficient (Wildman–Crippen LogP) is 5.40. The van der Waals surface area contributed by atoms with Crippen LogP contribution in [0, 0.1) is 18.8 Å². The van der Waals surface area contributed by atoms with Crippen molar-refractivity contribution in [1.29, 1.82) is 0 Å². The molecule has 3 rings (SSSR count). The Morgan fingerprint density at radius 3 is 2.30 bits per heavy atom. The highest BCUT2D eigenvalue weighted by atomic mass is 32.2. The molecule has 0 aromatic heterocycles. The van der Waals surface area contributed by atoms with Gasteiger partial charge in [0.2, 0.25) is 0 Å². The van der Waals surface area contributed by atoms with Crippen molar-refractivity contribution < 1.29 is 52.1 Å². The van der Waals surface area contributed by atoms with Gasteiger partial charge in [0.05, 0.1) is 28.5 Å². The number of carbonyl (C=O) groups excluding carboxylic acids is 2. The first-order valence-electron chi connectivity index (χ1n) is 16.9. The smallest absolute Gasteiger partial charge is 0.405 e. The third-order valence-corrected chi connectivity index (χ3v) is 9.44. The second kappa shape index (κ2) is 20.5. The number of nitrogens with one attached hydrogen (secondary N) is 2. The van der Waals surface area contributed by atoms with Crippen LogP contribution < -0.4 is 16.4 Å². The molecule has 2 amide bonds. The highest BCUT2D eigenvalue weighted by Crippen LogP contribution is 2.42. The number of fused-ring (bicyclic) bond motifs is 2. The lowest BCUT2D eigenvalue weighted by Gasteiger charge is -2.29. The van der Waals surface area contributed by atoms with Gasteiger partial charge in [0.15, 0.2) is 6.10 Å². The van der Waals surface area contributed by atoms with E-state index in [2.05, 4.69) is 17.2 Å². The molecule has 6 atom stereocenters. The number of ether oxygens (including phenoxy) is 3. The Labute approximate surface area is 311 Å². The quantitative estimate of drug-likeness (QED) is 0.0816. The molecule has 0 saturated heterocycles. The normalized spacial score (nSPS) is 25.6. The minimum atomic E-state index is -4.02. The van der Waals surface area contributed by atoms with Crippen LogP contribution in [-0.2, 0) is 35.5 Å². The molecule has 2 aromatic rings. The van der Waals surface area contributed by atoms with Crippen LogP contribution in [0.2, 0.25) is 0 Å². The van der Waals surface area contributed by atoms with E-state index in [1.165, 1.54) is 38.5 Å². The molecule has 15 heteroatoms. The fourth-order valence-electron chi connectivity index (χ4n) is 5.69. The van der Waals surface area contributed by atoms with E-state index >= 15 is 0 Å². The predicted molar refractivity (Wildman–Crippen MR) is 203 cm³/mol. The monoisotopic (exact) mass is 759 g/mol. The zero-order chi connectivity index (χ0) is 40.0.